The molecular formula is C12H15NRu-6. The zero-order valence-corrected chi connectivity index (χ0v) is 9.99. The monoisotopic (exact) mass is 275 g/mol. The van der Waals surface area contributed by atoms with Gasteiger partial charge in [-0.3, -0.25) is 0 Å². The van der Waals surface area contributed by atoms with Gasteiger partial charge in [-0.2, -0.15) is 12.1 Å². The van der Waals surface area contributed by atoms with Gasteiger partial charge in [0.25, 0.3) is 0 Å². The van der Waals surface area contributed by atoms with Crippen LogP contribution in [-0.2, 0) is 19.5 Å². The van der Waals surface area contributed by atoms with Gasteiger partial charge in [0, 0.05) is 26.0 Å². The van der Waals surface area contributed by atoms with Gasteiger partial charge in [0.15, 0.2) is 0 Å². The molecule has 0 saturated heterocycles. The molecule has 0 aliphatic heterocycles. The summed E-state index contributed by atoms with van der Waals surface area (Å²) < 4.78 is 0. The Kier molecular flexibility index (Phi) is 8.16. The van der Waals surface area contributed by atoms with Crippen LogP contribution in [0.25, 0.3) is 0 Å². The van der Waals surface area contributed by atoms with Crippen molar-refractivity contribution in [3.05, 3.63) is 54.6 Å². The van der Waals surface area contributed by atoms with Crippen LogP contribution in [0, 0.1) is 0 Å². The SMILES string of the molecule is CCN[c-]1cccc1.[Ru].[cH-]1[cH-][cH-][cH-][cH-]1. The summed E-state index contributed by atoms with van der Waals surface area (Å²) in [4.78, 5) is 0. The van der Waals surface area contributed by atoms with E-state index in [0.29, 0.717) is 0 Å². The van der Waals surface area contributed by atoms with Crippen molar-refractivity contribution >= 4 is 5.69 Å². The third-order valence-corrected chi connectivity index (χ3v) is 1.60. The van der Waals surface area contributed by atoms with E-state index in [4.69, 9.17) is 0 Å². The van der Waals surface area contributed by atoms with Crippen molar-refractivity contribution in [2.45, 2.75) is 6.92 Å². The summed E-state index contributed by atoms with van der Waals surface area (Å²) in [5.41, 5.74) is 1.22. The van der Waals surface area contributed by atoms with Crippen LogP contribution >= 0.6 is 0 Å². The molecule has 1 nitrogen and oxygen atoms in total. The number of anilines is 1. The van der Waals surface area contributed by atoms with Gasteiger partial charge in [0.05, 0.1) is 0 Å². The van der Waals surface area contributed by atoms with Crippen LogP contribution in [0.3, 0.4) is 0 Å². The van der Waals surface area contributed by atoms with Gasteiger partial charge < -0.3 is 35.6 Å². The van der Waals surface area contributed by atoms with Gasteiger partial charge in [-0.25, -0.2) is 12.1 Å². The van der Waals surface area contributed by atoms with Gasteiger partial charge in [0.2, 0.25) is 0 Å². The number of rotatable bonds is 2. The molecule has 2 rings (SSSR count). The Morgan fingerprint density at radius 1 is 1.00 bits per heavy atom. The fourth-order valence-electron chi connectivity index (χ4n) is 1.02. The van der Waals surface area contributed by atoms with Crippen molar-refractivity contribution in [1.82, 2.24) is 0 Å². The molecule has 0 amide bonds. The molecule has 0 aromatic heterocycles. The van der Waals surface area contributed by atoms with E-state index in [9.17, 15) is 0 Å². The quantitative estimate of drug-likeness (QED) is 0.655. The first-order valence-corrected chi connectivity index (χ1v) is 4.55. The maximum atomic E-state index is 3.19. The molecule has 0 aliphatic rings. The topological polar surface area (TPSA) is 12.0 Å². The van der Waals surface area contributed by atoms with Crippen molar-refractivity contribution in [1.29, 1.82) is 0 Å². The van der Waals surface area contributed by atoms with Gasteiger partial charge >= 0.3 is 0 Å². The summed E-state index contributed by atoms with van der Waals surface area (Å²) in [6.45, 7) is 3.09. The summed E-state index contributed by atoms with van der Waals surface area (Å²) in [5.74, 6) is 0. The number of hydrogen-bond acceptors (Lipinski definition) is 1. The van der Waals surface area contributed by atoms with Crippen molar-refractivity contribution < 1.29 is 19.5 Å². The minimum atomic E-state index is 0. The Balaban J connectivity index is 0.000000246. The van der Waals surface area contributed by atoms with E-state index in [1.165, 1.54) is 5.69 Å². The summed E-state index contributed by atoms with van der Waals surface area (Å²) in [6.07, 6.45) is 0. The first kappa shape index (κ1) is 13.1. The van der Waals surface area contributed by atoms with E-state index < -0.39 is 0 Å². The van der Waals surface area contributed by atoms with Gasteiger partial charge in [-0.1, -0.05) is 5.69 Å². The second-order valence-electron chi connectivity index (χ2n) is 2.67. The molecule has 2 heteroatoms. The molecule has 1 N–H and O–H groups in total. The smallest absolute Gasteiger partial charge is 0.000440 e. The van der Waals surface area contributed by atoms with Crippen LogP contribution in [0.4, 0.5) is 5.69 Å². The molecule has 0 fully saturated rings. The largest absolute Gasteiger partial charge is 0.748 e. The van der Waals surface area contributed by atoms with Crippen molar-refractivity contribution in [3.63, 3.8) is 0 Å². The molecule has 14 heavy (non-hydrogen) atoms. The van der Waals surface area contributed by atoms with E-state index in [0.717, 1.165) is 6.54 Å². The zero-order valence-electron chi connectivity index (χ0n) is 8.26. The molecule has 0 spiro atoms. The van der Waals surface area contributed by atoms with Crippen LogP contribution in [0.1, 0.15) is 6.92 Å². The van der Waals surface area contributed by atoms with Crippen LogP contribution in [0.15, 0.2) is 54.6 Å². The summed E-state index contributed by atoms with van der Waals surface area (Å²) in [7, 11) is 0. The van der Waals surface area contributed by atoms with E-state index in [2.05, 4.69) is 24.4 Å². The average molecular weight is 274 g/mol. The third kappa shape index (κ3) is 5.71. The van der Waals surface area contributed by atoms with Crippen molar-refractivity contribution in [2.24, 2.45) is 0 Å². The molecule has 0 saturated carbocycles. The molecule has 0 heterocycles. The van der Waals surface area contributed by atoms with Crippen LogP contribution in [-0.4, -0.2) is 6.54 Å². The summed E-state index contributed by atoms with van der Waals surface area (Å²) in [5, 5.41) is 3.19. The molecule has 0 aliphatic carbocycles. The molecule has 0 bridgehead atoms. The Hall–Kier alpha value is -0.877. The first-order valence-electron chi connectivity index (χ1n) is 4.55. The Morgan fingerprint density at radius 2 is 1.43 bits per heavy atom. The molecule has 0 unspecified atom stereocenters. The second kappa shape index (κ2) is 8.71. The Morgan fingerprint density at radius 3 is 1.79 bits per heavy atom. The van der Waals surface area contributed by atoms with E-state index in [-0.39, 0.29) is 19.5 Å². The average Bonchev–Trinajstić information content (AvgIpc) is 2.79. The fraction of sp³-hybridized carbons (Fsp3) is 0.167. The predicted molar refractivity (Wildman–Crippen MR) is 58.2 cm³/mol. The van der Waals surface area contributed by atoms with Crippen molar-refractivity contribution in [2.75, 3.05) is 11.9 Å². The Bertz CT molecular complexity index is 254. The summed E-state index contributed by atoms with van der Waals surface area (Å²) >= 11 is 0. The van der Waals surface area contributed by atoms with Gasteiger partial charge in [-0.15, -0.1) is 0 Å². The normalized spacial score (nSPS) is 8.07. The van der Waals surface area contributed by atoms with E-state index in [1.54, 1.807) is 0 Å². The second-order valence-corrected chi connectivity index (χ2v) is 2.67. The maximum Gasteiger partial charge on any atom is 0.000440 e. The first-order chi connectivity index (χ1) is 6.43. The fourth-order valence-corrected chi connectivity index (χ4v) is 1.02. The molecule has 2 aromatic rings. The number of hydrogen-bond donors (Lipinski definition) is 1. The van der Waals surface area contributed by atoms with E-state index in [1.807, 2.05) is 42.5 Å². The van der Waals surface area contributed by atoms with Crippen LogP contribution in [0.2, 0.25) is 0 Å². The molecule has 2 aromatic carbocycles. The molecule has 0 radical (unpaired) electrons. The third-order valence-electron chi connectivity index (χ3n) is 1.60. The standard InChI is InChI=1S/C7H10N.C5H5.Ru/c1-2-8-7-5-3-4-6-7;1-2-4-5-3-1;/h3-6,8H,2H2,1H3;1-5H;/q-1;-5;. The van der Waals surface area contributed by atoms with Crippen molar-refractivity contribution in [3.8, 4) is 0 Å². The van der Waals surface area contributed by atoms with Gasteiger partial charge in [0.1, 0.15) is 0 Å². The van der Waals surface area contributed by atoms with Crippen LogP contribution in [0.5, 0.6) is 0 Å². The minimum Gasteiger partial charge on any atom is -0.748 e. The number of nitrogens with one attached hydrogen (secondary N) is 1. The van der Waals surface area contributed by atoms with Gasteiger partial charge in [-0.05, 0) is 6.92 Å². The molecule has 0 atom stereocenters. The maximum absolute atomic E-state index is 3.19. The summed E-state index contributed by atoms with van der Waals surface area (Å²) in [6, 6.07) is 18.2. The molecular weight excluding hydrogens is 259 g/mol. The predicted octanol–water partition coefficient (Wildman–Crippen LogP) is 3.24. The minimum absolute atomic E-state index is 0. The molecule has 82 valence electrons. The Labute approximate surface area is 98.6 Å². The van der Waals surface area contributed by atoms with E-state index >= 15 is 0 Å². The zero-order chi connectivity index (χ0) is 9.36. The van der Waals surface area contributed by atoms with Crippen LogP contribution < -0.4 is 5.32 Å².